The molecule has 0 radical (unpaired) electrons. The molecule has 0 fully saturated rings. The molecule has 0 aliphatic heterocycles. The number of aromatic nitrogens is 2. The Morgan fingerprint density at radius 2 is 1.94 bits per heavy atom. The molecular weight excluding hydrogens is 394 g/mol. The quantitative estimate of drug-likeness (QED) is 0.383. The third-order valence-electron chi connectivity index (χ3n) is 5.11. The first-order valence-electron chi connectivity index (χ1n) is 10.4. The molecule has 0 bridgehead atoms. The largest absolute Gasteiger partial charge is 0.490 e. The number of benzene rings is 2. The molecule has 8 heteroatoms. The molecule has 0 saturated heterocycles. The second-order valence-corrected chi connectivity index (χ2v) is 7.36. The molecule has 2 aromatic carbocycles. The lowest BCUT2D eigenvalue weighted by atomic mass is 10.1. The topological polar surface area (TPSA) is 103 Å². The van der Waals surface area contributed by atoms with Crippen LogP contribution in [0.3, 0.4) is 0 Å². The van der Waals surface area contributed by atoms with E-state index in [1.54, 1.807) is 0 Å². The van der Waals surface area contributed by atoms with Crippen LogP contribution in [0, 0.1) is 0 Å². The van der Waals surface area contributed by atoms with Crippen molar-refractivity contribution in [2.75, 3.05) is 30.4 Å². The summed E-state index contributed by atoms with van der Waals surface area (Å²) < 4.78 is 13.2. The molecular formula is C23H27N5O3. The van der Waals surface area contributed by atoms with E-state index < -0.39 is 5.91 Å². The van der Waals surface area contributed by atoms with Gasteiger partial charge in [-0.15, -0.1) is 0 Å². The number of amides is 1. The fraction of sp³-hybridized carbons (Fsp3) is 0.304. The molecule has 0 atom stereocenters. The Kier molecular flexibility index (Phi) is 5.70. The minimum atomic E-state index is -0.532. The highest BCUT2D eigenvalue weighted by molar-refractivity contribution is 5.82. The van der Waals surface area contributed by atoms with E-state index in [9.17, 15) is 4.79 Å². The molecule has 1 amide bonds. The average Bonchev–Trinajstić information content (AvgIpc) is 3.24. The van der Waals surface area contributed by atoms with Gasteiger partial charge in [-0.1, -0.05) is 6.07 Å². The van der Waals surface area contributed by atoms with Crippen LogP contribution < -0.4 is 25.8 Å². The van der Waals surface area contributed by atoms with E-state index in [2.05, 4.69) is 23.6 Å². The summed E-state index contributed by atoms with van der Waals surface area (Å²) in [4.78, 5) is 11.2. The van der Waals surface area contributed by atoms with Crippen LogP contribution >= 0.6 is 0 Å². The lowest BCUT2D eigenvalue weighted by Crippen LogP contribution is -2.20. The van der Waals surface area contributed by atoms with Crippen molar-refractivity contribution in [3.05, 3.63) is 47.5 Å². The second-order valence-electron chi connectivity index (χ2n) is 7.36. The maximum atomic E-state index is 11.2. The maximum absolute atomic E-state index is 11.2. The summed E-state index contributed by atoms with van der Waals surface area (Å²) in [6, 6.07) is 12.0. The Morgan fingerprint density at radius 1 is 1.16 bits per heavy atom. The van der Waals surface area contributed by atoms with E-state index in [4.69, 9.17) is 20.3 Å². The van der Waals surface area contributed by atoms with Crippen LogP contribution in [-0.2, 0) is 18.3 Å². The van der Waals surface area contributed by atoms with Crippen molar-refractivity contribution < 1.29 is 14.3 Å². The molecule has 8 nitrogen and oxygen atoms in total. The van der Waals surface area contributed by atoms with Crippen molar-refractivity contribution >= 4 is 23.1 Å². The lowest BCUT2D eigenvalue weighted by molar-refractivity contribution is -0.119. The summed E-state index contributed by atoms with van der Waals surface area (Å²) in [6.45, 7) is 5.13. The number of nitrogens with one attached hydrogen (secondary N) is 2. The summed E-state index contributed by atoms with van der Waals surface area (Å²) in [5.74, 6) is 1.40. The third kappa shape index (κ3) is 4.14. The smallest absolute Gasteiger partial charge is 0.255 e. The van der Waals surface area contributed by atoms with Crippen LogP contribution in [0.4, 0.5) is 17.2 Å². The molecule has 1 aromatic heterocycles. The van der Waals surface area contributed by atoms with E-state index in [1.165, 1.54) is 0 Å². The summed E-state index contributed by atoms with van der Waals surface area (Å²) in [5, 5.41) is 11.5. The maximum Gasteiger partial charge on any atom is 0.255 e. The van der Waals surface area contributed by atoms with Gasteiger partial charge >= 0.3 is 0 Å². The number of carbonyl (C=O) groups is 1. The predicted molar refractivity (Wildman–Crippen MR) is 121 cm³/mol. The minimum absolute atomic E-state index is 0.202. The van der Waals surface area contributed by atoms with Crippen molar-refractivity contribution in [3.8, 4) is 22.8 Å². The van der Waals surface area contributed by atoms with Crippen molar-refractivity contribution in [2.24, 2.45) is 12.8 Å². The summed E-state index contributed by atoms with van der Waals surface area (Å²) in [5.41, 5.74) is 11.6. The van der Waals surface area contributed by atoms with Crippen LogP contribution in [0.5, 0.6) is 11.5 Å². The number of hydrogen-bond acceptors (Lipinski definition) is 6. The first-order chi connectivity index (χ1) is 15.0. The summed E-state index contributed by atoms with van der Waals surface area (Å²) in [6.07, 6.45) is 0.726. The van der Waals surface area contributed by atoms with Gasteiger partial charge < -0.3 is 25.8 Å². The van der Waals surface area contributed by atoms with Gasteiger partial charge in [0.15, 0.2) is 23.9 Å². The highest BCUT2D eigenvalue weighted by atomic mass is 16.5. The third-order valence-corrected chi connectivity index (χ3v) is 5.11. The molecule has 4 N–H and O–H groups in total. The zero-order valence-electron chi connectivity index (χ0n) is 18.0. The van der Waals surface area contributed by atoms with Gasteiger partial charge in [0.2, 0.25) is 0 Å². The normalized spacial score (nSPS) is 11.6. The fourth-order valence-electron chi connectivity index (χ4n) is 3.91. The molecule has 162 valence electrons. The van der Waals surface area contributed by atoms with Crippen molar-refractivity contribution in [1.29, 1.82) is 0 Å². The van der Waals surface area contributed by atoms with Gasteiger partial charge in [0, 0.05) is 42.5 Å². The number of aryl methyl sites for hydroxylation is 1. The number of nitrogens with zero attached hydrogens (tertiary/aromatic N) is 2. The average molecular weight is 422 g/mol. The SMILES string of the molecule is CCNc1cccc(Nc2nn(C)c3c2Cc2cc(OCC)c(OCC(N)=O)cc2-3)c1. The van der Waals surface area contributed by atoms with Crippen LogP contribution in [0.2, 0.25) is 0 Å². The van der Waals surface area contributed by atoms with E-state index in [-0.39, 0.29) is 6.61 Å². The van der Waals surface area contributed by atoms with Gasteiger partial charge in [0.1, 0.15) is 0 Å². The Bertz CT molecular complexity index is 1120. The van der Waals surface area contributed by atoms with Gasteiger partial charge in [-0.2, -0.15) is 5.10 Å². The Hall–Kier alpha value is -3.68. The van der Waals surface area contributed by atoms with E-state index in [0.29, 0.717) is 18.1 Å². The summed E-state index contributed by atoms with van der Waals surface area (Å²) >= 11 is 0. The van der Waals surface area contributed by atoms with Gasteiger partial charge in [-0.05, 0) is 49.7 Å². The predicted octanol–water partition coefficient (Wildman–Crippen LogP) is 3.43. The fourth-order valence-corrected chi connectivity index (χ4v) is 3.91. The van der Waals surface area contributed by atoms with Crippen LogP contribution in [0.15, 0.2) is 36.4 Å². The second kappa shape index (κ2) is 8.59. The van der Waals surface area contributed by atoms with E-state index in [1.807, 2.05) is 49.0 Å². The Labute approximate surface area is 181 Å². The number of carbonyl (C=O) groups excluding carboxylic acids is 1. The Morgan fingerprint density at radius 3 is 2.68 bits per heavy atom. The molecule has 31 heavy (non-hydrogen) atoms. The van der Waals surface area contributed by atoms with Gasteiger partial charge in [-0.3, -0.25) is 9.48 Å². The standard InChI is InChI=1S/C23H27N5O3/c1-4-25-15-7-6-8-16(11-15)26-23-18-9-14-10-19(30-5-2)20(31-13-21(24)29)12-17(14)22(18)28(3)27-23/h6-8,10-12,25H,4-5,9,13H2,1-3H3,(H2,24,29)(H,26,27). The lowest BCUT2D eigenvalue weighted by Gasteiger charge is -2.14. The van der Waals surface area contributed by atoms with Gasteiger partial charge in [-0.25, -0.2) is 0 Å². The van der Waals surface area contributed by atoms with Crippen LogP contribution in [-0.4, -0.2) is 35.4 Å². The number of nitrogens with two attached hydrogens (primary N) is 1. The molecule has 3 aromatic rings. The number of primary amides is 1. The number of ether oxygens (including phenoxy) is 2. The number of fused-ring (bicyclic) bond motifs is 3. The molecule has 1 aliphatic carbocycles. The highest BCUT2D eigenvalue weighted by Crippen LogP contribution is 2.45. The molecule has 4 rings (SSSR count). The number of rotatable bonds is 9. The highest BCUT2D eigenvalue weighted by Gasteiger charge is 2.29. The zero-order chi connectivity index (χ0) is 22.0. The molecule has 1 heterocycles. The van der Waals surface area contributed by atoms with E-state index >= 15 is 0 Å². The van der Waals surface area contributed by atoms with Gasteiger partial charge in [0.05, 0.1) is 12.3 Å². The molecule has 0 saturated carbocycles. The van der Waals surface area contributed by atoms with Crippen molar-refractivity contribution in [2.45, 2.75) is 20.3 Å². The van der Waals surface area contributed by atoms with E-state index in [0.717, 1.165) is 52.5 Å². The van der Waals surface area contributed by atoms with Crippen LogP contribution in [0.25, 0.3) is 11.3 Å². The Balaban J connectivity index is 1.68. The molecule has 1 aliphatic rings. The van der Waals surface area contributed by atoms with Crippen molar-refractivity contribution in [1.82, 2.24) is 9.78 Å². The zero-order valence-corrected chi connectivity index (χ0v) is 18.0. The van der Waals surface area contributed by atoms with Gasteiger partial charge in [0.25, 0.3) is 5.91 Å². The first-order valence-corrected chi connectivity index (χ1v) is 10.4. The first kappa shape index (κ1) is 20.6. The van der Waals surface area contributed by atoms with Crippen molar-refractivity contribution in [3.63, 3.8) is 0 Å². The monoisotopic (exact) mass is 421 g/mol. The molecule has 0 spiro atoms. The summed E-state index contributed by atoms with van der Waals surface area (Å²) in [7, 11) is 1.93. The minimum Gasteiger partial charge on any atom is -0.490 e. The number of anilines is 3. The molecule has 0 unspecified atom stereocenters. The number of hydrogen-bond donors (Lipinski definition) is 3. The van der Waals surface area contributed by atoms with Crippen LogP contribution in [0.1, 0.15) is 25.0 Å².